The van der Waals surface area contributed by atoms with Crippen molar-refractivity contribution in [3.8, 4) is 0 Å². The Balaban J connectivity index is 1.51. The maximum absolute atomic E-state index is 13.5. The van der Waals surface area contributed by atoms with Crippen LogP contribution in [0.3, 0.4) is 0 Å². The van der Waals surface area contributed by atoms with E-state index in [2.05, 4.69) is 46.1 Å². The van der Waals surface area contributed by atoms with Crippen molar-refractivity contribution in [2.75, 3.05) is 19.6 Å². The van der Waals surface area contributed by atoms with Gasteiger partial charge >= 0.3 is 0 Å². The summed E-state index contributed by atoms with van der Waals surface area (Å²) in [6.07, 6.45) is 13.4. The van der Waals surface area contributed by atoms with Crippen molar-refractivity contribution in [1.82, 2.24) is 24.8 Å². The number of amides is 1. The maximum atomic E-state index is 13.5. The Labute approximate surface area is 178 Å². The van der Waals surface area contributed by atoms with E-state index in [4.69, 9.17) is 0 Å². The highest BCUT2D eigenvalue weighted by atomic mass is 16.2. The Morgan fingerprint density at radius 2 is 1.93 bits per heavy atom. The normalized spacial score (nSPS) is 22.2. The smallest absolute Gasteiger partial charge is 0.277 e. The van der Waals surface area contributed by atoms with Crippen molar-refractivity contribution in [2.24, 2.45) is 0 Å². The molecule has 1 saturated heterocycles. The monoisotopic (exact) mass is 405 g/mol. The standard InChI is InChI=1S/C24H31N5O/c1-2-10-21-13-9-14-23(20-11-5-3-6-12-20)29(21)24(30)22-19-28(26-25-22)18-17-27-15-7-4-8-16-27/h2-3,5-6,9,11-12,14,19,21,23H,1,4,7-8,10,13,15-18H2/t21-,23+/m1/s1. The van der Waals surface area contributed by atoms with Crippen molar-refractivity contribution in [1.29, 1.82) is 0 Å². The van der Waals surface area contributed by atoms with Gasteiger partial charge in [-0.05, 0) is 44.3 Å². The number of carbonyl (C=O) groups is 1. The fraction of sp³-hybridized carbons (Fsp3) is 0.458. The molecule has 1 amide bonds. The number of rotatable bonds is 7. The van der Waals surface area contributed by atoms with Crippen LogP contribution < -0.4 is 0 Å². The molecule has 30 heavy (non-hydrogen) atoms. The molecule has 4 rings (SSSR count). The van der Waals surface area contributed by atoms with Crippen LogP contribution in [0.15, 0.2) is 61.3 Å². The van der Waals surface area contributed by atoms with E-state index in [1.165, 1.54) is 19.3 Å². The van der Waals surface area contributed by atoms with Crippen LogP contribution in [-0.4, -0.2) is 56.4 Å². The average molecular weight is 406 g/mol. The molecule has 0 radical (unpaired) electrons. The Morgan fingerprint density at radius 3 is 2.70 bits per heavy atom. The molecular formula is C24H31N5O. The third-order valence-electron chi connectivity index (χ3n) is 6.09. The van der Waals surface area contributed by atoms with Crippen LogP contribution in [0, 0.1) is 0 Å². The highest BCUT2D eigenvalue weighted by molar-refractivity contribution is 5.92. The van der Waals surface area contributed by atoms with Gasteiger partial charge in [-0.15, -0.1) is 11.7 Å². The molecule has 0 N–H and O–H groups in total. The largest absolute Gasteiger partial charge is 0.323 e. The van der Waals surface area contributed by atoms with Crippen molar-refractivity contribution in [3.63, 3.8) is 0 Å². The Hall–Kier alpha value is -2.73. The average Bonchev–Trinajstić information content (AvgIpc) is 3.28. The molecule has 6 nitrogen and oxygen atoms in total. The first-order valence-corrected chi connectivity index (χ1v) is 11.0. The minimum absolute atomic E-state index is 0.0655. The summed E-state index contributed by atoms with van der Waals surface area (Å²) in [5.74, 6) is -0.0655. The van der Waals surface area contributed by atoms with Gasteiger partial charge < -0.3 is 9.80 Å². The topological polar surface area (TPSA) is 54.3 Å². The molecule has 2 aliphatic rings. The fourth-order valence-corrected chi connectivity index (χ4v) is 4.48. The summed E-state index contributed by atoms with van der Waals surface area (Å²) in [7, 11) is 0. The molecule has 0 unspecified atom stereocenters. The molecule has 158 valence electrons. The third-order valence-corrected chi connectivity index (χ3v) is 6.09. The summed E-state index contributed by atoms with van der Waals surface area (Å²) < 4.78 is 1.81. The van der Waals surface area contributed by atoms with Gasteiger partial charge in [0.2, 0.25) is 0 Å². The van der Waals surface area contributed by atoms with Gasteiger partial charge in [-0.25, -0.2) is 0 Å². The minimum Gasteiger partial charge on any atom is -0.323 e. The summed E-state index contributed by atoms with van der Waals surface area (Å²) in [5.41, 5.74) is 1.52. The second-order valence-electron chi connectivity index (χ2n) is 8.18. The molecule has 0 aliphatic carbocycles. The number of aromatic nitrogens is 3. The second-order valence-corrected chi connectivity index (χ2v) is 8.18. The molecule has 2 atom stereocenters. The molecule has 0 bridgehead atoms. The van der Waals surface area contributed by atoms with E-state index in [1.54, 1.807) is 6.20 Å². The van der Waals surface area contributed by atoms with Crippen LogP contribution in [0.25, 0.3) is 0 Å². The van der Waals surface area contributed by atoms with Crippen molar-refractivity contribution < 1.29 is 4.79 Å². The van der Waals surface area contributed by atoms with E-state index < -0.39 is 0 Å². The predicted octanol–water partition coefficient (Wildman–Crippen LogP) is 3.85. The van der Waals surface area contributed by atoms with E-state index in [0.29, 0.717) is 5.69 Å². The first-order chi connectivity index (χ1) is 14.8. The molecular weight excluding hydrogens is 374 g/mol. The number of nitrogens with zero attached hydrogens (tertiary/aromatic N) is 5. The lowest BCUT2D eigenvalue weighted by atomic mass is 9.94. The highest BCUT2D eigenvalue weighted by Crippen LogP contribution is 2.32. The van der Waals surface area contributed by atoms with E-state index in [0.717, 1.165) is 44.6 Å². The fourth-order valence-electron chi connectivity index (χ4n) is 4.48. The molecule has 2 aliphatic heterocycles. The number of benzene rings is 1. The molecule has 1 aromatic heterocycles. The van der Waals surface area contributed by atoms with Gasteiger partial charge in [-0.3, -0.25) is 9.48 Å². The van der Waals surface area contributed by atoms with Gasteiger partial charge in [0.1, 0.15) is 0 Å². The van der Waals surface area contributed by atoms with Crippen LogP contribution in [0.4, 0.5) is 0 Å². The van der Waals surface area contributed by atoms with Crippen LogP contribution in [0.2, 0.25) is 0 Å². The zero-order valence-corrected chi connectivity index (χ0v) is 17.6. The van der Waals surface area contributed by atoms with Crippen LogP contribution in [0.5, 0.6) is 0 Å². The zero-order chi connectivity index (χ0) is 20.8. The summed E-state index contributed by atoms with van der Waals surface area (Å²) in [4.78, 5) is 17.9. The molecule has 0 spiro atoms. The lowest BCUT2D eigenvalue weighted by molar-refractivity contribution is 0.0597. The van der Waals surface area contributed by atoms with Crippen LogP contribution in [0.1, 0.15) is 54.2 Å². The quantitative estimate of drug-likeness (QED) is 0.657. The van der Waals surface area contributed by atoms with Gasteiger partial charge in [0, 0.05) is 12.6 Å². The number of likely N-dealkylation sites (tertiary alicyclic amines) is 1. The molecule has 1 fully saturated rings. The van der Waals surface area contributed by atoms with Gasteiger partial charge in [0.05, 0.1) is 18.8 Å². The molecule has 3 heterocycles. The van der Waals surface area contributed by atoms with E-state index in [-0.39, 0.29) is 18.0 Å². The number of piperidine rings is 1. The molecule has 1 aromatic carbocycles. The maximum Gasteiger partial charge on any atom is 0.277 e. The van der Waals surface area contributed by atoms with Crippen LogP contribution >= 0.6 is 0 Å². The first-order valence-electron chi connectivity index (χ1n) is 11.0. The summed E-state index contributed by atoms with van der Waals surface area (Å²) in [5, 5.41) is 8.47. The Morgan fingerprint density at radius 1 is 1.13 bits per heavy atom. The van der Waals surface area contributed by atoms with Crippen molar-refractivity contribution in [3.05, 3.63) is 72.6 Å². The molecule has 6 heteroatoms. The number of carbonyl (C=O) groups excluding carboxylic acids is 1. The summed E-state index contributed by atoms with van der Waals surface area (Å²) >= 11 is 0. The SMILES string of the molecule is C=CC[C@@H]1CC=C[C@@H](c2ccccc2)N1C(=O)c1cn(CCN2CCCCC2)nn1. The summed E-state index contributed by atoms with van der Waals surface area (Å²) in [6.45, 7) is 7.92. The third kappa shape index (κ3) is 4.70. The minimum atomic E-state index is -0.101. The number of hydrogen-bond acceptors (Lipinski definition) is 4. The Bertz CT molecular complexity index is 869. The molecule has 2 aromatic rings. The highest BCUT2D eigenvalue weighted by Gasteiger charge is 2.33. The van der Waals surface area contributed by atoms with Gasteiger partial charge in [-0.2, -0.15) is 0 Å². The zero-order valence-electron chi connectivity index (χ0n) is 17.6. The lowest BCUT2D eigenvalue weighted by Crippen LogP contribution is -2.44. The van der Waals surface area contributed by atoms with Crippen molar-refractivity contribution >= 4 is 5.91 Å². The Kier molecular flexibility index (Phi) is 6.74. The van der Waals surface area contributed by atoms with Gasteiger partial charge in [0.25, 0.3) is 5.91 Å². The van der Waals surface area contributed by atoms with Gasteiger partial charge in [0.15, 0.2) is 5.69 Å². The van der Waals surface area contributed by atoms with E-state index in [1.807, 2.05) is 33.9 Å². The van der Waals surface area contributed by atoms with Crippen molar-refractivity contribution in [2.45, 2.75) is 50.7 Å². The lowest BCUT2D eigenvalue weighted by Gasteiger charge is -2.39. The molecule has 0 saturated carbocycles. The summed E-state index contributed by atoms with van der Waals surface area (Å²) in [6, 6.07) is 10.1. The number of hydrogen-bond donors (Lipinski definition) is 0. The predicted molar refractivity (Wildman–Crippen MR) is 118 cm³/mol. The second kappa shape index (κ2) is 9.85. The first kappa shape index (κ1) is 20.5. The van der Waals surface area contributed by atoms with Gasteiger partial charge in [-0.1, -0.05) is 60.2 Å². The van der Waals surface area contributed by atoms with E-state index >= 15 is 0 Å². The van der Waals surface area contributed by atoms with E-state index in [9.17, 15) is 4.79 Å². The van der Waals surface area contributed by atoms with Crippen LogP contribution in [-0.2, 0) is 6.54 Å².